The maximum Gasteiger partial charge on any atom is 0.179 e. The SMILES string of the molecule is CC(C(=O)c1ccccc1)N(C)CCc1cccs1. The van der Waals surface area contributed by atoms with Crippen LogP contribution < -0.4 is 0 Å². The molecule has 0 saturated carbocycles. The van der Waals surface area contributed by atoms with Crippen LogP contribution in [0.3, 0.4) is 0 Å². The Morgan fingerprint density at radius 1 is 1.21 bits per heavy atom. The molecule has 19 heavy (non-hydrogen) atoms. The van der Waals surface area contributed by atoms with Gasteiger partial charge in [-0.15, -0.1) is 11.3 Å². The summed E-state index contributed by atoms with van der Waals surface area (Å²) in [5.41, 5.74) is 0.790. The summed E-state index contributed by atoms with van der Waals surface area (Å²) < 4.78 is 0. The van der Waals surface area contributed by atoms with E-state index >= 15 is 0 Å². The third-order valence-corrected chi connectivity index (χ3v) is 4.33. The molecule has 3 heteroatoms. The zero-order chi connectivity index (χ0) is 13.7. The first kappa shape index (κ1) is 14.0. The topological polar surface area (TPSA) is 20.3 Å². The zero-order valence-corrected chi connectivity index (χ0v) is 12.2. The molecular weight excluding hydrogens is 254 g/mol. The first-order valence-electron chi connectivity index (χ1n) is 6.50. The molecule has 0 N–H and O–H groups in total. The van der Waals surface area contributed by atoms with E-state index in [4.69, 9.17) is 0 Å². The van der Waals surface area contributed by atoms with Crippen LogP contribution >= 0.6 is 11.3 Å². The van der Waals surface area contributed by atoms with Crippen LogP contribution in [0.1, 0.15) is 22.2 Å². The Kier molecular flexibility index (Phi) is 4.88. The van der Waals surface area contributed by atoms with Crippen molar-refractivity contribution in [3.8, 4) is 0 Å². The molecule has 0 amide bonds. The normalized spacial score (nSPS) is 12.6. The van der Waals surface area contributed by atoms with E-state index in [0.717, 1.165) is 18.5 Å². The standard InChI is InChI=1S/C16H19NOS/c1-13(16(18)14-7-4-3-5-8-14)17(2)11-10-15-9-6-12-19-15/h3-9,12-13H,10-11H2,1-2H3. The van der Waals surface area contributed by atoms with Crippen LogP contribution in [0.2, 0.25) is 0 Å². The lowest BCUT2D eigenvalue weighted by atomic mass is 10.0. The van der Waals surface area contributed by atoms with E-state index in [-0.39, 0.29) is 11.8 Å². The van der Waals surface area contributed by atoms with Crippen LogP contribution in [0.25, 0.3) is 0 Å². The van der Waals surface area contributed by atoms with Crippen molar-refractivity contribution in [2.75, 3.05) is 13.6 Å². The van der Waals surface area contributed by atoms with Crippen LogP contribution in [0, 0.1) is 0 Å². The summed E-state index contributed by atoms with van der Waals surface area (Å²) in [5, 5.41) is 2.09. The number of carbonyl (C=O) groups excluding carboxylic acids is 1. The van der Waals surface area contributed by atoms with Gasteiger partial charge in [0.05, 0.1) is 6.04 Å². The number of ketones is 1. The molecule has 0 saturated heterocycles. The summed E-state index contributed by atoms with van der Waals surface area (Å²) in [6.07, 6.45) is 1.00. The largest absolute Gasteiger partial charge is 0.296 e. The van der Waals surface area contributed by atoms with Crippen LogP contribution in [-0.4, -0.2) is 30.3 Å². The Hall–Kier alpha value is -1.45. The van der Waals surface area contributed by atoms with Crippen molar-refractivity contribution in [2.45, 2.75) is 19.4 Å². The molecule has 1 unspecified atom stereocenters. The Labute approximate surface area is 118 Å². The van der Waals surface area contributed by atoms with Gasteiger partial charge in [-0.3, -0.25) is 9.69 Å². The number of nitrogens with zero attached hydrogens (tertiary/aromatic N) is 1. The highest BCUT2D eigenvalue weighted by Gasteiger charge is 2.19. The number of likely N-dealkylation sites (N-methyl/N-ethyl adjacent to an activating group) is 1. The average molecular weight is 273 g/mol. The fourth-order valence-electron chi connectivity index (χ4n) is 1.98. The highest BCUT2D eigenvalue weighted by atomic mass is 32.1. The second-order valence-corrected chi connectivity index (χ2v) is 5.75. The summed E-state index contributed by atoms with van der Waals surface area (Å²) in [6.45, 7) is 2.88. The number of hydrogen-bond donors (Lipinski definition) is 0. The van der Waals surface area contributed by atoms with Gasteiger partial charge in [0.15, 0.2) is 5.78 Å². The summed E-state index contributed by atoms with van der Waals surface area (Å²) in [6, 6.07) is 13.6. The predicted molar refractivity (Wildman–Crippen MR) is 80.9 cm³/mol. The number of carbonyl (C=O) groups is 1. The lowest BCUT2D eigenvalue weighted by molar-refractivity contribution is 0.0870. The smallest absolute Gasteiger partial charge is 0.179 e. The summed E-state index contributed by atoms with van der Waals surface area (Å²) >= 11 is 1.77. The van der Waals surface area contributed by atoms with Crippen LogP contribution in [0.5, 0.6) is 0 Å². The molecule has 0 aliphatic heterocycles. The summed E-state index contributed by atoms with van der Waals surface area (Å²) in [7, 11) is 2.01. The van der Waals surface area contributed by atoms with Gasteiger partial charge in [-0.2, -0.15) is 0 Å². The van der Waals surface area contributed by atoms with E-state index in [1.54, 1.807) is 11.3 Å². The van der Waals surface area contributed by atoms with Gasteiger partial charge < -0.3 is 0 Å². The van der Waals surface area contributed by atoms with E-state index in [1.807, 2.05) is 44.3 Å². The summed E-state index contributed by atoms with van der Waals surface area (Å²) in [5.74, 6) is 0.189. The first-order valence-corrected chi connectivity index (χ1v) is 7.38. The van der Waals surface area contributed by atoms with Gasteiger partial charge >= 0.3 is 0 Å². The van der Waals surface area contributed by atoms with E-state index < -0.39 is 0 Å². The van der Waals surface area contributed by atoms with Crippen molar-refractivity contribution in [3.05, 3.63) is 58.3 Å². The van der Waals surface area contributed by atoms with Crippen LogP contribution in [0.15, 0.2) is 47.8 Å². The molecule has 0 fully saturated rings. The summed E-state index contributed by atoms with van der Waals surface area (Å²) in [4.78, 5) is 15.8. The van der Waals surface area contributed by atoms with Gasteiger partial charge in [-0.05, 0) is 31.8 Å². The number of rotatable bonds is 6. The molecule has 1 heterocycles. The van der Waals surface area contributed by atoms with Crippen LogP contribution in [-0.2, 0) is 6.42 Å². The molecule has 100 valence electrons. The lowest BCUT2D eigenvalue weighted by Crippen LogP contribution is -2.37. The van der Waals surface area contributed by atoms with Crippen molar-refractivity contribution in [2.24, 2.45) is 0 Å². The third-order valence-electron chi connectivity index (χ3n) is 3.39. The molecule has 1 atom stereocenters. The number of hydrogen-bond acceptors (Lipinski definition) is 3. The fourth-order valence-corrected chi connectivity index (χ4v) is 2.68. The highest BCUT2D eigenvalue weighted by molar-refractivity contribution is 7.09. The predicted octanol–water partition coefficient (Wildman–Crippen LogP) is 3.49. The number of Topliss-reactive ketones (excluding diaryl/α,β-unsaturated/α-hetero) is 1. The van der Waals surface area contributed by atoms with Crippen molar-refractivity contribution >= 4 is 17.1 Å². The van der Waals surface area contributed by atoms with Crippen molar-refractivity contribution in [1.29, 1.82) is 0 Å². The molecule has 1 aromatic carbocycles. The molecule has 0 aliphatic rings. The van der Waals surface area contributed by atoms with Crippen molar-refractivity contribution in [1.82, 2.24) is 4.90 Å². The van der Waals surface area contributed by atoms with E-state index in [0.29, 0.717) is 0 Å². The molecule has 0 aliphatic carbocycles. The molecule has 0 bridgehead atoms. The quantitative estimate of drug-likeness (QED) is 0.751. The van der Waals surface area contributed by atoms with Crippen molar-refractivity contribution in [3.63, 3.8) is 0 Å². The van der Waals surface area contributed by atoms with Gasteiger partial charge in [-0.1, -0.05) is 36.4 Å². The first-order chi connectivity index (χ1) is 9.18. The van der Waals surface area contributed by atoms with Gasteiger partial charge in [0.2, 0.25) is 0 Å². The molecule has 2 nitrogen and oxygen atoms in total. The Balaban J connectivity index is 1.91. The van der Waals surface area contributed by atoms with Gasteiger partial charge in [0.1, 0.15) is 0 Å². The van der Waals surface area contributed by atoms with Gasteiger partial charge in [-0.25, -0.2) is 0 Å². The van der Waals surface area contributed by atoms with E-state index in [1.165, 1.54) is 4.88 Å². The lowest BCUT2D eigenvalue weighted by Gasteiger charge is -2.23. The molecule has 0 spiro atoms. The minimum Gasteiger partial charge on any atom is -0.296 e. The third kappa shape index (κ3) is 3.75. The Morgan fingerprint density at radius 2 is 1.95 bits per heavy atom. The second-order valence-electron chi connectivity index (χ2n) is 4.72. The Bertz CT molecular complexity index is 507. The maximum atomic E-state index is 12.3. The molecule has 2 rings (SSSR count). The zero-order valence-electron chi connectivity index (χ0n) is 11.4. The van der Waals surface area contributed by atoms with Gasteiger partial charge in [0.25, 0.3) is 0 Å². The molecule has 0 radical (unpaired) electrons. The average Bonchev–Trinajstić information content (AvgIpc) is 2.97. The monoisotopic (exact) mass is 273 g/mol. The minimum atomic E-state index is -0.0811. The maximum absolute atomic E-state index is 12.3. The van der Waals surface area contributed by atoms with E-state index in [2.05, 4.69) is 22.4 Å². The van der Waals surface area contributed by atoms with Crippen LogP contribution in [0.4, 0.5) is 0 Å². The minimum absolute atomic E-state index is 0.0811. The van der Waals surface area contributed by atoms with E-state index in [9.17, 15) is 4.79 Å². The second kappa shape index (κ2) is 6.64. The highest BCUT2D eigenvalue weighted by Crippen LogP contribution is 2.12. The molecule has 1 aromatic heterocycles. The number of benzene rings is 1. The Morgan fingerprint density at radius 3 is 2.58 bits per heavy atom. The number of thiophene rings is 1. The fraction of sp³-hybridized carbons (Fsp3) is 0.312. The molecule has 2 aromatic rings. The van der Waals surface area contributed by atoms with Crippen molar-refractivity contribution < 1.29 is 4.79 Å². The molecular formula is C16H19NOS. The van der Waals surface area contributed by atoms with Gasteiger partial charge in [0, 0.05) is 17.0 Å².